The van der Waals surface area contributed by atoms with Gasteiger partial charge in [-0.1, -0.05) is 11.6 Å². The first-order chi connectivity index (χ1) is 12.6. The van der Waals surface area contributed by atoms with Crippen LogP contribution in [-0.2, 0) is 6.61 Å². The molecule has 3 heterocycles. The molecule has 2 aliphatic rings. The number of amides is 1. The Balaban J connectivity index is 1.36. The van der Waals surface area contributed by atoms with E-state index in [1.54, 1.807) is 6.07 Å². The molecule has 26 heavy (non-hydrogen) atoms. The molecule has 0 radical (unpaired) electrons. The first-order valence-corrected chi connectivity index (χ1v) is 9.49. The van der Waals surface area contributed by atoms with Gasteiger partial charge in [0, 0.05) is 30.7 Å². The lowest BCUT2D eigenvalue weighted by Crippen LogP contribution is -2.51. The fourth-order valence-electron chi connectivity index (χ4n) is 3.76. The number of fused-ring (bicyclic) bond motifs is 1. The predicted molar refractivity (Wildman–Crippen MR) is 99.7 cm³/mol. The molecule has 6 heteroatoms. The predicted octanol–water partition coefficient (Wildman–Crippen LogP) is 3.74. The second-order valence-corrected chi connectivity index (χ2v) is 7.46. The smallest absolute Gasteiger partial charge is 0.289 e. The molecule has 1 aromatic carbocycles. The van der Waals surface area contributed by atoms with Crippen molar-refractivity contribution in [1.82, 2.24) is 9.80 Å². The third kappa shape index (κ3) is 3.60. The van der Waals surface area contributed by atoms with E-state index >= 15 is 0 Å². The van der Waals surface area contributed by atoms with Crippen LogP contribution in [0.4, 0.5) is 0 Å². The van der Waals surface area contributed by atoms with Crippen LogP contribution in [0.3, 0.4) is 0 Å². The van der Waals surface area contributed by atoms with Gasteiger partial charge in [-0.3, -0.25) is 9.69 Å². The van der Waals surface area contributed by atoms with Crippen molar-refractivity contribution in [2.24, 2.45) is 0 Å². The summed E-state index contributed by atoms with van der Waals surface area (Å²) in [5.74, 6) is 1.74. The number of hydrogen-bond acceptors (Lipinski definition) is 4. The highest BCUT2D eigenvalue weighted by Crippen LogP contribution is 2.24. The van der Waals surface area contributed by atoms with Gasteiger partial charge in [0.2, 0.25) is 0 Å². The van der Waals surface area contributed by atoms with Crippen LogP contribution in [0.1, 0.15) is 34.7 Å². The van der Waals surface area contributed by atoms with Crippen molar-refractivity contribution in [3.63, 3.8) is 0 Å². The minimum atomic E-state index is -0.0230. The van der Waals surface area contributed by atoms with Gasteiger partial charge in [0.15, 0.2) is 5.76 Å². The van der Waals surface area contributed by atoms with Gasteiger partial charge >= 0.3 is 0 Å². The van der Waals surface area contributed by atoms with E-state index in [2.05, 4.69) is 4.90 Å². The van der Waals surface area contributed by atoms with E-state index in [1.807, 2.05) is 36.1 Å². The zero-order chi connectivity index (χ0) is 18.1. The molecule has 0 saturated carbocycles. The van der Waals surface area contributed by atoms with E-state index in [0.29, 0.717) is 22.6 Å². The Morgan fingerprint density at radius 1 is 1.27 bits per heavy atom. The normalized spacial score (nSPS) is 20.2. The summed E-state index contributed by atoms with van der Waals surface area (Å²) in [5, 5.41) is 0.714. The number of halogens is 1. The molecule has 1 unspecified atom stereocenters. The third-order valence-corrected chi connectivity index (χ3v) is 5.68. The molecule has 2 fully saturated rings. The highest BCUT2D eigenvalue weighted by molar-refractivity contribution is 6.31. The standard InChI is InChI=1S/C20H23ClN2O3/c1-14-11-16(4-6-18(14)21)25-13-17-5-7-19(26-17)20(24)23-10-9-22-8-2-3-15(22)12-23/h4-7,11,15H,2-3,8-10,12-13H2,1H3. The van der Waals surface area contributed by atoms with E-state index in [9.17, 15) is 4.79 Å². The van der Waals surface area contributed by atoms with Crippen molar-refractivity contribution in [3.8, 4) is 5.75 Å². The van der Waals surface area contributed by atoms with Gasteiger partial charge in [-0.15, -0.1) is 0 Å². The van der Waals surface area contributed by atoms with Crippen LogP contribution < -0.4 is 4.74 Å². The molecule has 1 amide bonds. The van der Waals surface area contributed by atoms with E-state index < -0.39 is 0 Å². The first-order valence-electron chi connectivity index (χ1n) is 9.11. The average molecular weight is 375 g/mol. The van der Waals surface area contributed by atoms with Gasteiger partial charge in [0.1, 0.15) is 18.1 Å². The Labute approximate surface area is 158 Å². The maximum atomic E-state index is 12.7. The van der Waals surface area contributed by atoms with E-state index in [0.717, 1.165) is 30.9 Å². The van der Waals surface area contributed by atoms with E-state index in [4.69, 9.17) is 20.8 Å². The number of carbonyl (C=O) groups excluding carboxylic acids is 1. The second kappa shape index (κ2) is 7.33. The number of rotatable bonds is 4. The van der Waals surface area contributed by atoms with Gasteiger partial charge in [0.25, 0.3) is 5.91 Å². The Hall–Kier alpha value is -1.98. The third-order valence-electron chi connectivity index (χ3n) is 5.26. The lowest BCUT2D eigenvalue weighted by molar-refractivity contribution is 0.0538. The summed E-state index contributed by atoms with van der Waals surface area (Å²) in [6.45, 7) is 5.91. The fourth-order valence-corrected chi connectivity index (χ4v) is 3.88. The molecule has 0 spiro atoms. The van der Waals surface area contributed by atoms with Crippen molar-refractivity contribution in [2.75, 3.05) is 26.2 Å². The Morgan fingerprint density at radius 2 is 2.15 bits per heavy atom. The fraction of sp³-hybridized carbons (Fsp3) is 0.450. The lowest BCUT2D eigenvalue weighted by atomic mass is 10.1. The molecule has 138 valence electrons. The highest BCUT2D eigenvalue weighted by atomic mass is 35.5. The number of aryl methyl sites for hydroxylation is 1. The van der Waals surface area contributed by atoms with Crippen LogP contribution in [-0.4, -0.2) is 47.9 Å². The number of hydrogen-bond donors (Lipinski definition) is 0. The zero-order valence-electron chi connectivity index (χ0n) is 14.9. The van der Waals surface area contributed by atoms with Crippen LogP contribution in [0.25, 0.3) is 0 Å². The largest absolute Gasteiger partial charge is 0.486 e. The van der Waals surface area contributed by atoms with Crippen molar-refractivity contribution >= 4 is 17.5 Å². The van der Waals surface area contributed by atoms with Crippen molar-refractivity contribution in [1.29, 1.82) is 0 Å². The number of ether oxygens (including phenoxy) is 1. The molecule has 2 saturated heterocycles. The maximum absolute atomic E-state index is 12.7. The minimum Gasteiger partial charge on any atom is -0.486 e. The Bertz CT molecular complexity index is 804. The summed E-state index contributed by atoms with van der Waals surface area (Å²) in [4.78, 5) is 17.1. The van der Waals surface area contributed by atoms with Gasteiger partial charge in [-0.25, -0.2) is 0 Å². The number of nitrogens with zero attached hydrogens (tertiary/aromatic N) is 2. The van der Waals surface area contributed by atoms with Gasteiger partial charge < -0.3 is 14.1 Å². The number of benzene rings is 1. The zero-order valence-corrected chi connectivity index (χ0v) is 15.7. The second-order valence-electron chi connectivity index (χ2n) is 7.05. The van der Waals surface area contributed by atoms with Gasteiger partial charge in [-0.05, 0) is 62.2 Å². The van der Waals surface area contributed by atoms with Crippen molar-refractivity contribution in [2.45, 2.75) is 32.4 Å². The summed E-state index contributed by atoms with van der Waals surface area (Å²) in [6.07, 6.45) is 2.42. The number of carbonyl (C=O) groups is 1. The van der Waals surface area contributed by atoms with Crippen molar-refractivity contribution < 1.29 is 13.9 Å². The maximum Gasteiger partial charge on any atom is 0.289 e. The highest BCUT2D eigenvalue weighted by Gasteiger charge is 2.33. The monoisotopic (exact) mass is 374 g/mol. The van der Waals surface area contributed by atoms with Gasteiger partial charge in [-0.2, -0.15) is 0 Å². The minimum absolute atomic E-state index is 0.0230. The molecule has 0 aliphatic carbocycles. The molecule has 2 aromatic rings. The molecular formula is C20H23ClN2O3. The molecule has 1 aromatic heterocycles. The van der Waals surface area contributed by atoms with Crippen LogP contribution in [0, 0.1) is 6.92 Å². The Kier molecular flexibility index (Phi) is 4.92. The van der Waals surface area contributed by atoms with Crippen LogP contribution in [0.5, 0.6) is 5.75 Å². The van der Waals surface area contributed by atoms with Gasteiger partial charge in [0.05, 0.1) is 0 Å². The summed E-state index contributed by atoms with van der Waals surface area (Å²) < 4.78 is 11.5. The lowest BCUT2D eigenvalue weighted by Gasteiger charge is -2.37. The Morgan fingerprint density at radius 3 is 3.00 bits per heavy atom. The molecule has 2 aliphatic heterocycles. The van der Waals surface area contributed by atoms with E-state index in [-0.39, 0.29) is 12.5 Å². The summed E-state index contributed by atoms with van der Waals surface area (Å²) >= 11 is 6.02. The SMILES string of the molecule is Cc1cc(OCc2ccc(C(=O)N3CCN4CCCC4C3)o2)ccc1Cl. The summed E-state index contributed by atoms with van der Waals surface area (Å²) in [5.41, 5.74) is 0.963. The molecule has 0 bridgehead atoms. The number of furan rings is 1. The molecular weight excluding hydrogens is 352 g/mol. The van der Waals surface area contributed by atoms with Crippen LogP contribution in [0.15, 0.2) is 34.7 Å². The van der Waals surface area contributed by atoms with E-state index in [1.165, 1.54) is 19.4 Å². The number of piperazine rings is 1. The first kappa shape index (κ1) is 17.4. The molecule has 5 nitrogen and oxygen atoms in total. The van der Waals surface area contributed by atoms with Crippen LogP contribution >= 0.6 is 11.6 Å². The van der Waals surface area contributed by atoms with Crippen LogP contribution in [0.2, 0.25) is 5.02 Å². The summed E-state index contributed by atoms with van der Waals surface area (Å²) in [6, 6.07) is 9.59. The quantitative estimate of drug-likeness (QED) is 0.817. The molecule has 4 rings (SSSR count). The molecule has 1 atom stereocenters. The average Bonchev–Trinajstić information content (AvgIpc) is 3.30. The van der Waals surface area contributed by atoms with Crippen molar-refractivity contribution in [3.05, 3.63) is 52.4 Å². The molecule has 0 N–H and O–H groups in total. The summed E-state index contributed by atoms with van der Waals surface area (Å²) in [7, 11) is 0. The topological polar surface area (TPSA) is 45.9 Å².